The van der Waals surface area contributed by atoms with Crippen molar-refractivity contribution in [2.45, 2.75) is 25.8 Å². The Labute approximate surface area is 106 Å². The van der Waals surface area contributed by atoms with Crippen LogP contribution < -0.4 is 16.4 Å². The van der Waals surface area contributed by atoms with Gasteiger partial charge in [0.15, 0.2) is 5.84 Å². The number of carbonyl (C=O) groups is 1. The molecule has 0 radical (unpaired) electrons. The van der Waals surface area contributed by atoms with Gasteiger partial charge in [-0.15, -0.1) is 0 Å². The summed E-state index contributed by atoms with van der Waals surface area (Å²) in [5.74, 6) is 0.0000571. The fourth-order valence-electron chi connectivity index (χ4n) is 1.50. The van der Waals surface area contributed by atoms with Crippen molar-refractivity contribution < 1.29 is 10.0 Å². The van der Waals surface area contributed by atoms with Crippen molar-refractivity contribution in [3.05, 3.63) is 30.3 Å². The molecule has 0 saturated heterocycles. The second-order valence-corrected chi connectivity index (χ2v) is 3.83. The third kappa shape index (κ3) is 4.32. The molecule has 0 fully saturated rings. The van der Waals surface area contributed by atoms with E-state index in [1.807, 2.05) is 25.1 Å². The highest BCUT2D eigenvalue weighted by Crippen LogP contribution is 2.05. The van der Waals surface area contributed by atoms with Crippen LogP contribution in [0.1, 0.15) is 19.8 Å². The first-order chi connectivity index (χ1) is 8.67. The summed E-state index contributed by atoms with van der Waals surface area (Å²) in [6.07, 6.45) is 1.42. The molecule has 0 heterocycles. The first-order valence-corrected chi connectivity index (χ1v) is 5.77. The SMILES string of the molecule is CCCC(NC(=O)Nc1ccccc1)/C(N)=N/O. The largest absolute Gasteiger partial charge is 0.409 e. The van der Waals surface area contributed by atoms with Crippen LogP contribution in [0.4, 0.5) is 10.5 Å². The van der Waals surface area contributed by atoms with Gasteiger partial charge in [-0.1, -0.05) is 36.7 Å². The minimum absolute atomic E-state index is 0.0000571. The predicted molar refractivity (Wildman–Crippen MR) is 70.7 cm³/mol. The van der Waals surface area contributed by atoms with Crippen molar-refractivity contribution >= 4 is 17.6 Å². The lowest BCUT2D eigenvalue weighted by Crippen LogP contribution is -2.46. The minimum Gasteiger partial charge on any atom is -0.409 e. The molecule has 5 N–H and O–H groups in total. The molecule has 1 aromatic carbocycles. The van der Waals surface area contributed by atoms with Crippen molar-refractivity contribution in [1.29, 1.82) is 0 Å². The maximum Gasteiger partial charge on any atom is 0.319 e. The van der Waals surface area contributed by atoms with E-state index in [0.29, 0.717) is 12.1 Å². The summed E-state index contributed by atoms with van der Waals surface area (Å²) in [7, 11) is 0. The number of amides is 2. The van der Waals surface area contributed by atoms with E-state index in [1.54, 1.807) is 12.1 Å². The number of urea groups is 1. The van der Waals surface area contributed by atoms with Crippen molar-refractivity contribution in [2.24, 2.45) is 10.9 Å². The maximum absolute atomic E-state index is 11.7. The molecule has 1 unspecified atom stereocenters. The molecular weight excluding hydrogens is 232 g/mol. The fourth-order valence-corrected chi connectivity index (χ4v) is 1.50. The molecule has 0 aliphatic carbocycles. The van der Waals surface area contributed by atoms with Crippen LogP contribution in [0.25, 0.3) is 0 Å². The van der Waals surface area contributed by atoms with Crippen LogP contribution in [-0.4, -0.2) is 23.1 Å². The number of amidine groups is 1. The summed E-state index contributed by atoms with van der Waals surface area (Å²) in [4.78, 5) is 11.7. The van der Waals surface area contributed by atoms with E-state index in [4.69, 9.17) is 10.9 Å². The Bertz CT molecular complexity index is 406. The number of nitrogens with zero attached hydrogens (tertiary/aromatic N) is 1. The van der Waals surface area contributed by atoms with Gasteiger partial charge in [0.2, 0.25) is 0 Å². The molecule has 18 heavy (non-hydrogen) atoms. The standard InChI is InChI=1S/C12H18N4O2/c1-2-6-10(11(13)16-18)15-12(17)14-9-7-4-3-5-8-9/h3-5,7-8,10,18H,2,6H2,1H3,(H2,13,16)(H2,14,15,17). The van der Waals surface area contributed by atoms with Crippen LogP contribution in [0.3, 0.4) is 0 Å². The molecule has 1 rings (SSSR count). The van der Waals surface area contributed by atoms with Crippen LogP contribution in [0.2, 0.25) is 0 Å². The average Bonchev–Trinajstić information content (AvgIpc) is 2.38. The van der Waals surface area contributed by atoms with Crippen molar-refractivity contribution in [3.63, 3.8) is 0 Å². The van der Waals surface area contributed by atoms with E-state index < -0.39 is 6.04 Å². The second-order valence-electron chi connectivity index (χ2n) is 3.83. The third-order valence-electron chi connectivity index (χ3n) is 2.39. The number of para-hydroxylation sites is 1. The molecule has 1 atom stereocenters. The van der Waals surface area contributed by atoms with Crippen LogP contribution in [0.15, 0.2) is 35.5 Å². The van der Waals surface area contributed by atoms with Gasteiger partial charge in [-0.2, -0.15) is 0 Å². The molecule has 0 bridgehead atoms. The lowest BCUT2D eigenvalue weighted by atomic mass is 10.1. The molecule has 6 nitrogen and oxygen atoms in total. The summed E-state index contributed by atoms with van der Waals surface area (Å²) in [6.45, 7) is 1.95. The number of nitrogens with two attached hydrogens (primary N) is 1. The van der Waals surface area contributed by atoms with E-state index in [9.17, 15) is 4.79 Å². The van der Waals surface area contributed by atoms with Crippen LogP contribution in [-0.2, 0) is 0 Å². The van der Waals surface area contributed by atoms with Gasteiger partial charge in [0.25, 0.3) is 0 Å². The van der Waals surface area contributed by atoms with Crippen LogP contribution >= 0.6 is 0 Å². The summed E-state index contributed by atoms with van der Waals surface area (Å²) in [6, 6.07) is 8.20. The van der Waals surface area contributed by atoms with Gasteiger partial charge in [-0.25, -0.2) is 4.79 Å². The Morgan fingerprint density at radius 1 is 1.44 bits per heavy atom. The maximum atomic E-state index is 11.7. The quantitative estimate of drug-likeness (QED) is 0.277. The number of oxime groups is 1. The molecule has 98 valence electrons. The molecule has 0 spiro atoms. The molecule has 0 saturated carbocycles. The van der Waals surface area contributed by atoms with Gasteiger partial charge in [-0.3, -0.25) is 0 Å². The number of nitrogens with one attached hydrogen (secondary N) is 2. The fraction of sp³-hybridized carbons (Fsp3) is 0.333. The number of carbonyl (C=O) groups excluding carboxylic acids is 1. The lowest BCUT2D eigenvalue weighted by Gasteiger charge is -2.16. The summed E-state index contributed by atoms with van der Waals surface area (Å²) in [5, 5.41) is 16.9. The molecule has 0 aromatic heterocycles. The van der Waals surface area contributed by atoms with E-state index in [1.165, 1.54) is 0 Å². The summed E-state index contributed by atoms with van der Waals surface area (Å²) in [5.41, 5.74) is 6.19. The van der Waals surface area contributed by atoms with Crippen LogP contribution in [0, 0.1) is 0 Å². The number of rotatable bonds is 5. The first-order valence-electron chi connectivity index (χ1n) is 5.77. The number of benzene rings is 1. The molecule has 1 aromatic rings. The van der Waals surface area contributed by atoms with Gasteiger partial charge in [0.1, 0.15) is 0 Å². The van der Waals surface area contributed by atoms with E-state index >= 15 is 0 Å². The van der Waals surface area contributed by atoms with Gasteiger partial charge < -0.3 is 21.6 Å². The smallest absolute Gasteiger partial charge is 0.319 e. The average molecular weight is 250 g/mol. The van der Waals surface area contributed by atoms with Crippen LogP contribution in [0.5, 0.6) is 0 Å². The monoisotopic (exact) mass is 250 g/mol. The van der Waals surface area contributed by atoms with Gasteiger partial charge in [0, 0.05) is 5.69 Å². The molecule has 6 heteroatoms. The van der Waals surface area contributed by atoms with E-state index in [0.717, 1.165) is 6.42 Å². The zero-order valence-corrected chi connectivity index (χ0v) is 10.3. The van der Waals surface area contributed by atoms with Crippen molar-refractivity contribution in [2.75, 3.05) is 5.32 Å². The Balaban J connectivity index is 2.56. The topological polar surface area (TPSA) is 99.7 Å². The highest BCUT2D eigenvalue weighted by Gasteiger charge is 2.15. The van der Waals surface area contributed by atoms with Gasteiger partial charge >= 0.3 is 6.03 Å². The first kappa shape index (κ1) is 13.8. The second kappa shape index (κ2) is 7.16. The van der Waals surface area contributed by atoms with Crippen molar-refractivity contribution in [3.8, 4) is 0 Å². The zero-order valence-electron chi connectivity index (χ0n) is 10.3. The van der Waals surface area contributed by atoms with Crippen molar-refractivity contribution in [1.82, 2.24) is 5.32 Å². The molecular formula is C12H18N4O2. The van der Waals surface area contributed by atoms with Gasteiger partial charge in [0.05, 0.1) is 6.04 Å². The number of anilines is 1. The molecule has 2 amide bonds. The minimum atomic E-state index is -0.469. The van der Waals surface area contributed by atoms with Gasteiger partial charge in [-0.05, 0) is 18.6 Å². The van der Waals surface area contributed by atoms with E-state index in [2.05, 4.69) is 15.8 Å². The van der Waals surface area contributed by atoms with E-state index in [-0.39, 0.29) is 11.9 Å². The Hall–Kier alpha value is -2.24. The Kier molecular flexibility index (Phi) is 5.50. The normalized spacial score (nSPS) is 12.8. The summed E-state index contributed by atoms with van der Waals surface area (Å²) >= 11 is 0. The Morgan fingerprint density at radius 3 is 2.67 bits per heavy atom. The Morgan fingerprint density at radius 2 is 2.11 bits per heavy atom. The number of hydrogen-bond acceptors (Lipinski definition) is 3. The zero-order chi connectivity index (χ0) is 13.4. The molecule has 0 aliphatic heterocycles. The highest BCUT2D eigenvalue weighted by molar-refractivity contribution is 5.94. The highest BCUT2D eigenvalue weighted by atomic mass is 16.4. The lowest BCUT2D eigenvalue weighted by molar-refractivity contribution is 0.250. The predicted octanol–water partition coefficient (Wildman–Crippen LogP) is 1.72. The third-order valence-corrected chi connectivity index (χ3v) is 2.39. The molecule has 0 aliphatic rings. The summed E-state index contributed by atoms with van der Waals surface area (Å²) < 4.78 is 0. The number of hydrogen-bond donors (Lipinski definition) is 4.